The molecule has 3 fully saturated rings. The molecule has 3 rings (SSSR count). The highest BCUT2D eigenvalue weighted by Gasteiger charge is 2.43. The van der Waals surface area contributed by atoms with Crippen LogP contribution in [0.2, 0.25) is 0 Å². The monoisotopic (exact) mass is 316 g/mol. The van der Waals surface area contributed by atoms with Gasteiger partial charge in [0.2, 0.25) is 0 Å². The lowest BCUT2D eigenvalue weighted by Gasteiger charge is -2.24. The topological polar surface area (TPSA) is 18.5 Å². The SMILES string of the molecule is C=CC1CCC(/C=C\C2CC(C=C)C(C3COC(C)(C)O3)C2)C1. The quantitative estimate of drug-likeness (QED) is 0.655. The highest BCUT2D eigenvalue weighted by molar-refractivity contribution is 5.05. The van der Waals surface area contributed by atoms with Crippen LogP contribution in [0.15, 0.2) is 37.5 Å². The van der Waals surface area contributed by atoms with Gasteiger partial charge in [-0.15, -0.1) is 13.2 Å². The third-order valence-corrected chi connectivity index (χ3v) is 6.01. The lowest BCUT2D eigenvalue weighted by molar-refractivity contribution is -0.145. The number of allylic oxidation sites excluding steroid dienone is 4. The molecule has 6 unspecified atom stereocenters. The van der Waals surface area contributed by atoms with E-state index in [9.17, 15) is 0 Å². The second kappa shape index (κ2) is 6.94. The second-order valence-electron chi connectivity index (χ2n) is 8.12. The zero-order valence-electron chi connectivity index (χ0n) is 14.7. The van der Waals surface area contributed by atoms with Crippen LogP contribution in [0.1, 0.15) is 46.0 Å². The molecule has 0 aromatic rings. The van der Waals surface area contributed by atoms with Gasteiger partial charge in [-0.25, -0.2) is 0 Å². The van der Waals surface area contributed by atoms with Crippen molar-refractivity contribution in [3.63, 3.8) is 0 Å². The molecule has 128 valence electrons. The Labute approximate surface area is 141 Å². The number of rotatable bonds is 5. The van der Waals surface area contributed by atoms with Gasteiger partial charge in [0, 0.05) is 0 Å². The van der Waals surface area contributed by atoms with Gasteiger partial charge in [-0.05, 0) is 75.5 Å². The first-order valence-electron chi connectivity index (χ1n) is 9.26. The van der Waals surface area contributed by atoms with Crippen LogP contribution in [0.4, 0.5) is 0 Å². The molecule has 0 amide bonds. The molecule has 1 heterocycles. The van der Waals surface area contributed by atoms with Gasteiger partial charge >= 0.3 is 0 Å². The molecule has 23 heavy (non-hydrogen) atoms. The molecule has 0 radical (unpaired) electrons. The van der Waals surface area contributed by atoms with E-state index in [4.69, 9.17) is 9.47 Å². The van der Waals surface area contributed by atoms with Crippen molar-refractivity contribution < 1.29 is 9.47 Å². The van der Waals surface area contributed by atoms with Gasteiger partial charge in [0.25, 0.3) is 0 Å². The van der Waals surface area contributed by atoms with Gasteiger partial charge in [0.05, 0.1) is 12.7 Å². The highest BCUT2D eigenvalue weighted by Crippen LogP contribution is 2.44. The van der Waals surface area contributed by atoms with Crippen molar-refractivity contribution in [1.29, 1.82) is 0 Å². The lowest BCUT2D eigenvalue weighted by Crippen LogP contribution is -2.28. The van der Waals surface area contributed by atoms with Gasteiger partial charge < -0.3 is 9.47 Å². The van der Waals surface area contributed by atoms with Crippen LogP contribution in [-0.2, 0) is 9.47 Å². The van der Waals surface area contributed by atoms with Gasteiger partial charge in [-0.2, -0.15) is 0 Å². The minimum Gasteiger partial charge on any atom is -0.348 e. The van der Waals surface area contributed by atoms with E-state index in [1.54, 1.807) is 0 Å². The number of ether oxygens (including phenoxy) is 2. The summed E-state index contributed by atoms with van der Waals surface area (Å²) in [5.74, 6) is 2.83. The van der Waals surface area contributed by atoms with E-state index in [-0.39, 0.29) is 6.10 Å². The van der Waals surface area contributed by atoms with Crippen LogP contribution in [0.25, 0.3) is 0 Å². The zero-order chi connectivity index (χ0) is 16.4. The zero-order valence-corrected chi connectivity index (χ0v) is 14.7. The fourth-order valence-corrected chi connectivity index (χ4v) is 4.68. The molecule has 2 nitrogen and oxygen atoms in total. The van der Waals surface area contributed by atoms with E-state index < -0.39 is 5.79 Å². The maximum Gasteiger partial charge on any atom is 0.163 e. The molecule has 1 saturated heterocycles. The molecule has 2 saturated carbocycles. The smallest absolute Gasteiger partial charge is 0.163 e. The largest absolute Gasteiger partial charge is 0.348 e. The molecule has 0 aromatic carbocycles. The molecule has 0 bridgehead atoms. The summed E-state index contributed by atoms with van der Waals surface area (Å²) < 4.78 is 11.9. The molecule has 0 N–H and O–H groups in total. The van der Waals surface area contributed by atoms with Gasteiger partial charge in [0.1, 0.15) is 0 Å². The minimum atomic E-state index is -0.423. The molecular weight excluding hydrogens is 284 g/mol. The van der Waals surface area contributed by atoms with Crippen LogP contribution < -0.4 is 0 Å². The van der Waals surface area contributed by atoms with E-state index in [1.807, 2.05) is 13.8 Å². The first kappa shape index (κ1) is 17.0. The Balaban J connectivity index is 1.56. The summed E-state index contributed by atoms with van der Waals surface area (Å²) in [6, 6.07) is 0. The standard InChI is InChI=1S/C21H32O2/c1-5-15-7-8-16(11-15)9-10-17-12-18(6-2)19(13-17)20-14-22-21(3,4)23-20/h5-6,9-10,15-20H,1-2,7-8,11-14H2,3-4H3/b10-9-. The lowest BCUT2D eigenvalue weighted by atomic mass is 9.91. The molecule has 0 spiro atoms. The molecule has 1 aliphatic heterocycles. The Bertz CT molecular complexity index is 464. The Hall–Kier alpha value is -0.860. The van der Waals surface area contributed by atoms with Crippen molar-refractivity contribution in [1.82, 2.24) is 0 Å². The summed E-state index contributed by atoms with van der Waals surface area (Å²) >= 11 is 0. The van der Waals surface area contributed by atoms with Crippen molar-refractivity contribution in [3.8, 4) is 0 Å². The Morgan fingerprint density at radius 1 is 0.913 bits per heavy atom. The normalized spacial score (nSPS) is 43.2. The molecular formula is C21H32O2. The Morgan fingerprint density at radius 3 is 2.26 bits per heavy atom. The van der Waals surface area contributed by atoms with Gasteiger partial charge in [0.15, 0.2) is 5.79 Å². The first-order chi connectivity index (χ1) is 11.0. The van der Waals surface area contributed by atoms with E-state index in [2.05, 4.69) is 37.5 Å². The summed E-state index contributed by atoms with van der Waals surface area (Å²) in [7, 11) is 0. The van der Waals surface area contributed by atoms with Crippen LogP contribution in [0.3, 0.4) is 0 Å². The summed E-state index contributed by atoms with van der Waals surface area (Å²) in [5, 5.41) is 0. The highest BCUT2D eigenvalue weighted by atomic mass is 16.7. The van der Waals surface area contributed by atoms with Gasteiger partial charge in [-0.1, -0.05) is 24.3 Å². The number of hydrogen-bond acceptors (Lipinski definition) is 2. The molecule has 6 atom stereocenters. The molecule has 3 aliphatic rings. The average molecular weight is 316 g/mol. The third-order valence-electron chi connectivity index (χ3n) is 6.01. The van der Waals surface area contributed by atoms with Gasteiger partial charge in [-0.3, -0.25) is 0 Å². The fourth-order valence-electron chi connectivity index (χ4n) is 4.68. The Morgan fingerprint density at radius 2 is 1.65 bits per heavy atom. The van der Waals surface area contributed by atoms with Crippen molar-refractivity contribution in [3.05, 3.63) is 37.5 Å². The summed E-state index contributed by atoms with van der Waals surface area (Å²) in [4.78, 5) is 0. The maximum atomic E-state index is 6.11. The molecule has 0 aromatic heterocycles. The fraction of sp³-hybridized carbons (Fsp3) is 0.714. The van der Waals surface area contributed by atoms with Crippen molar-refractivity contribution in [2.75, 3.05) is 6.61 Å². The first-order valence-corrected chi connectivity index (χ1v) is 9.26. The van der Waals surface area contributed by atoms with E-state index in [1.165, 1.54) is 32.1 Å². The summed E-state index contributed by atoms with van der Waals surface area (Å²) in [5.41, 5.74) is 0. The van der Waals surface area contributed by atoms with Crippen LogP contribution >= 0.6 is 0 Å². The predicted octanol–water partition coefficient (Wildman–Crippen LogP) is 5.12. The summed E-state index contributed by atoms with van der Waals surface area (Å²) in [6.45, 7) is 12.8. The van der Waals surface area contributed by atoms with Crippen LogP contribution in [-0.4, -0.2) is 18.5 Å². The van der Waals surface area contributed by atoms with Crippen molar-refractivity contribution in [2.24, 2.45) is 29.6 Å². The predicted molar refractivity (Wildman–Crippen MR) is 95.0 cm³/mol. The third kappa shape index (κ3) is 3.97. The van der Waals surface area contributed by atoms with Crippen LogP contribution in [0, 0.1) is 29.6 Å². The molecule has 2 heteroatoms. The average Bonchev–Trinajstić information content (AvgIpc) is 3.22. The molecule has 2 aliphatic carbocycles. The minimum absolute atomic E-state index is 0.225. The van der Waals surface area contributed by atoms with Crippen LogP contribution in [0.5, 0.6) is 0 Å². The maximum absolute atomic E-state index is 6.11. The van der Waals surface area contributed by atoms with E-state index in [0.717, 1.165) is 18.4 Å². The number of hydrogen-bond donors (Lipinski definition) is 0. The summed E-state index contributed by atoms with van der Waals surface area (Å²) in [6.07, 6.45) is 15.8. The second-order valence-corrected chi connectivity index (χ2v) is 8.12. The van der Waals surface area contributed by atoms with E-state index >= 15 is 0 Å². The van der Waals surface area contributed by atoms with Crippen molar-refractivity contribution >= 4 is 0 Å². The Kier molecular flexibility index (Phi) is 5.13. The van der Waals surface area contributed by atoms with Crippen molar-refractivity contribution in [2.45, 2.75) is 57.8 Å². The van der Waals surface area contributed by atoms with E-state index in [0.29, 0.717) is 17.8 Å².